The first-order chi connectivity index (χ1) is 15.6. The minimum absolute atomic E-state index is 0.000837. The number of anilines is 1. The Morgan fingerprint density at radius 2 is 1.55 bits per heavy atom. The van der Waals surface area contributed by atoms with Gasteiger partial charge in [0.1, 0.15) is 5.69 Å². The van der Waals surface area contributed by atoms with E-state index in [2.05, 4.69) is 9.67 Å². The molecule has 0 atom stereocenters. The van der Waals surface area contributed by atoms with Gasteiger partial charge in [-0.15, -0.1) is 0 Å². The van der Waals surface area contributed by atoms with E-state index in [1.807, 2.05) is 39.0 Å². The van der Waals surface area contributed by atoms with Crippen LogP contribution in [-0.2, 0) is 11.3 Å². The lowest BCUT2D eigenvalue weighted by atomic mass is 10.0. The van der Waals surface area contributed by atoms with Gasteiger partial charge in [-0.3, -0.25) is 4.79 Å². The van der Waals surface area contributed by atoms with Gasteiger partial charge in [-0.25, -0.2) is 22.0 Å². The van der Waals surface area contributed by atoms with Crippen molar-refractivity contribution in [3.63, 3.8) is 0 Å². The largest absolute Gasteiger partial charge is 0.344 e. The molecule has 0 unspecified atom stereocenters. The normalized spacial score (nSPS) is 15.3. The number of hydrogen-bond donors (Lipinski definition) is 0. The quantitative estimate of drug-likeness (QED) is 0.198. The van der Waals surface area contributed by atoms with E-state index < -0.39 is 40.7 Å². The van der Waals surface area contributed by atoms with Gasteiger partial charge in [0, 0.05) is 23.2 Å². The SMILES string of the molecule is CCCn1c(C)c(/C=C2/C(=O)N(c3c(F)c(F)c(F)c(F)c3F)N=C2C)c2cccc(C)c21. The number of aryl methyl sites for hydroxylation is 2. The molecule has 0 aliphatic carbocycles. The first kappa shape index (κ1) is 22.7. The molecular formula is C24H20F5N3O. The fourth-order valence-corrected chi connectivity index (χ4v) is 4.19. The zero-order valence-corrected chi connectivity index (χ0v) is 18.4. The van der Waals surface area contributed by atoms with E-state index in [4.69, 9.17) is 0 Å². The molecule has 1 amide bonds. The minimum atomic E-state index is -2.30. The second kappa shape index (κ2) is 8.13. The fraction of sp³-hybridized carbons (Fsp3) is 0.250. The van der Waals surface area contributed by atoms with Gasteiger partial charge in [0.15, 0.2) is 23.3 Å². The molecule has 0 radical (unpaired) electrons. The number of para-hydroxylation sites is 1. The summed E-state index contributed by atoms with van der Waals surface area (Å²) in [5.41, 5.74) is 2.33. The molecule has 0 N–H and O–H groups in total. The zero-order valence-electron chi connectivity index (χ0n) is 18.4. The Hall–Kier alpha value is -3.49. The highest BCUT2D eigenvalue weighted by molar-refractivity contribution is 6.32. The number of benzene rings is 2. The first-order valence-electron chi connectivity index (χ1n) is 10.3. The lowest BCUT2D eigenvalue weighted by Crippen LogP contribution is -2.25. The molecule has 0 saturated heterocycles. The van der Waals surface area contributed by atoms with Crippen LogP contribution in [-0.4, -0.2) is 16.2 Å². The highest BCUT2D eigenvalue weighted by Gasteiger charge is 2.37. The average molecular weight is 461 g/mol. The number of hydrazone groups is 1. The van der Waals surface area contributed by atoms with Crippen LogP contribution in [0.15, 0.2) is 28.9 Å². The molecule has 33 heavy (non-hydrogen) atoms. The number of rotatable bonds is 4. The van der Waals surface area contributed by atoms with Crippen LogP contribution in [0.4, 0.5) is 27.6 Å². The molecule has 0 bridgehead atoms. The summed E-state index contributed by atoms with van der Waals surface area (Å²) >= 11 is 0. The number of carbonyl (C=O) groups excluding carboxylic acids is 1. The first-order valence-corrected chi connectivity index (χ1v) is 10.3. The van der Waals surface area contributed by atoms with Crippen molar-refractivity contribution in [2.24, 2.45) is 5.10 Å². The summed E-state index contributed by atoms with van der Waals surface area (Å²) < 4.78 is 71.6. The molecule has 0 saturated carbocycles. The van der Waals surface area contributed by atoms with Gasteiger partial charge < -0.3 is 4.57 Å². The molecule has 1 aliphatic rings. The number of fused-ring (bicyclic) bond motifs is 1. The van der Waals surface area contributed by atoms with E-state index in [9.17, 15) is 26.7 Å². The van der Waals surface area contributed by atoms with E-state index in [1.165, 1.54) is 6.92 Å². The van der Waals surface area contributed by atoms with Crippen molar-refractivity contribution in [2.75, 3.05) is 5.01 Å². The lowest BCUT2D eigenvalue weighted by Gasteiger charge is -2.15. The van der Waals surface area contributed by atoms with Crippen molar-refractivity contribution in [3.8, 4) is 0 Å². The predicted molar refractivity (Wildman–Crippen MR) is 117 cm³/mol. The predicted octanol–water partition coefficient (Wildman–Crippen LogP) is 6.17. The summed E-state index contributed by atoms with van der Waals surface area (Å²) in [4.78, 5) is 13.0. The van der Waals surface area contributed by atoms with E-state index in [0.717, 1.165) is 40.7 Å². The van der Waals surface area contributed by atoms with E-state index in [0.29, 0.717) is 0 Å². The molecule has 2 aromatic carbocycles. The maximum atomic E-state index is 14.3. The Bertz CT molecular complexity index is 1360. The van der Waals surface area contributed by atoms with Crippen molar-refractivity contribution >= 4 is 34.3 Å². The van der Waals surface area contributed by atoms with Gasteiger partial charge in [0.25, 0.3) is 5.91 Å². The lowest BCUT2D eigenvalue weighted by molar-refractivity contribution is -0.114. The maximum absolute atomic E-state index is 14.3. The fourth-order valence-electron chi connectivity index (χ4n) is 4.19. The second-order valence-corrected chi connectivity index (χ2v) is 7.90. The van der Waals surface area contributed by atoms with Gasteiger partial charge in [-0.05, 0) is 38.8 Å². The van der Waals surface area contributed by atoms with Gasteiger partial charge in [0.2, 0.25) is 5.82 Å². The van der Waals surface area contributed by atoms with Crippen LogP contribution >= 0.6 is 0 Å². The minimum Gasteiger partial charge on any atom is -0.344 e. The third-order valence-electron chi connectivity index (χ3n) is 5.79. The topological polar surface area (TPSA) is 37.6 Å². The van der Waals surface area contributed by atoms with Gasteiger partial charge in [-0.2, -0.15) is 10.1 Å². The summed E-state index contributed by atoms with van der Waals surface area (Å²) in [7, 11) is 0. The smallest absolute Gasteiger partial charge is 0.280 e. The number of hydrogen-bond acceptors (Lipinski definition) is 2. The van der Waals surface area contributed by atoms with Gasteiger partial charge in [-0.1, -0.05) is 25.1 Å². The van der Waals surface area contributed by atoms with Crippen molar-refractivity contribution in [1.29, 1.82) is 0 Å². The third-order valence-corrected chi connectivity index (χ3v) is 5.79. The molecule has 9 heteroatoms. The molecule has 3 aromatic rings. The van der Waals surface area contributed by atoms with Crippen LogP contribution in [0.25, 0.3) is 17.0 Å². The summed E-state index contributed by atoms with van der Waals surface area (Å²) in [6, 6.07) is 5.76. The number of amides is 1. The van der Waals surface area contributed by atoms with Crippen molar-refractivity contribution in [2.45, 2.75) is 40.7 Å². The molecule has 172 valence electrons. The summed E-state index contributed by atoms with van der Waals surface area (Å²) in [6.07, 6.45) is 2.43. The second-order valence-electron chi connectivity index (χ2n) is 7.90. The Kier molecular flexibility index (Phi) is 5.59. The van der Waals surface area contributed by atoms with Crippen LogP contribution in [0.3, 0.4) is 0 Å². The molecular weight excluding hydrogens is 441 g/mol. The number of halogens is 5. The Morgan fingerprint density at radius 1 is 0.939 bits per heavy atom. The molecule has 1 aliphatic heterocycles. The molecule has 4 rings (SSSR count). The van der Waals surface area contributed by atoms with Crippen LogP contribution in [0, 0.1) is 42.9 Å². The number of nitrogens with zero attached hydrogens (tertiary/aromatic N) is 3. The standard InChI is InChI=1S/C24H20F5N3O/c1-5-9-31-13(4)16(14-8-6-7-11(2)22(14)31)10-15-12(3)30-32(24(15)33)23-20(28)18(26)17(25)19(27)21(23)29/h6-8,10H,5,9H2,1-4H3/b15-10+. The Labute approximate surface area is 186 Å². The van der Waals surface area contributed by atoms with E-state index in [1.54, 1.807) is 6.08 Å². The highest BCUT2D eigenvalue weighted by atomic mass is 19.2. The zero-order chi connectivity index (χ0) is 24.2. The monoisotopic (exact) mass is 461 g/mol. The van der Waals surface area contributed by atoms with Crippen LogP contribution in [0.5, 0.6) is 0 Å². The van der Waals surface area contributed by atoms with E-state index >= 15 is 0 Å². The molecule has 0 fully saturated rings. The summed E-state index contributed by atoms with van der Waals surface area (Å²) in [5, 5.41) is 4.91. The van der Waals surface area contributed by atoms with Crippen LogP contribution < -0.4 is 5.01 Å². The average Bonchev–Trinajstić information content (AvgIpc) is 3.21. The summed E-state index contributed by atoms with van der Waals surface area (Å²) in [6.45, 7) is 8.09. The molecule has 1 aromatic heterocycles. The summed E-state index contributed by atoms with van der Waals surface area (Å²) in [5.74, 6) is -11.8. The Morgan fingerprint density at radius 3 is 2.15 bits per heavy atom. The van der Waals surface area contributed by atoms with Crippen molar-refractivity contribution in [3.05, 3.63) is 69.7 Å². The van der Waals surface area contributed by atoms with Crippen LogP contribution in [0.2, 0.25) is 0 Å². The maximum Gasteiger partial charge on any atom is 0.280 e. The molecule has 4 nitrogen and oxygen atoms in total. The van der Waals surface area contributed by atoms with Crippen LogP contribution in [0.1, 0.15) is 37.1 Å². The highest BCUT2D eigenvalue weighted by Crippen LogP contribution is 2.36. The Balaban J connectivity index is 1.88. The molecule has 2 heterocycles. The molecule has 0 spiro atoms. The van der Waals surface area contributed by atoms with Gasteiger partial charge in [0.05, 0.1) is 16.8 Å². The number of carbonyl (C=O) groups is 1. The number of aromatic nitrogens is 1. The van der Waals surface area contributed by atoms with Crippen molar-refractivity contribution in [1.82, 2.24) is 4.57 Å². The third kappa shape index (κ3) is 3.34. The van der Waals surface area contributed by atoms with Crippen molar-refractivity contribution < 1.29 is 26.7 Å². The van der Waals surface area contributed by atoms with E-state index in [-0.39, 0.29) is 16.3 Å². The van der Waals surface area contributed by atoms with Gasteiger partial charge >= 0.3 is 0 Å².